The van der Waals surface area contributed by atoms with E-state index in [9.17, 15) is 4.79 Å². The maximum atomic E-state index is 10.4. The van der Waals surface area contributed by atoms with Gasteiger partial charge in [0.05, 0.1) is 5.60 Å². The molecular formula is C12H21NO3. The third kappa shape index (κ3) is 2.23. The highest BCUT2D eigenvalue weighted by atomic mass is 16.5. The van der Waals surface area contributed by atoms with E-state index >= 15 is 0 Å². The summed E-state index contributed by atoms with van der Waals surface area (Å²) in [4.78, 5) is 12.8. The molecule has 1 atom stereocenters. The van der Waals surface area contributed by atoms with Crippen LogP contribution in [0.25, 0.3) is 0 Å². The Labute approximate surface area is 96.6 Å². The molecule has 92 valence electrons. The molecular weight excluding hydrogens is 206 g/mol. The molecule has 4 nitrogen and oxygen atoms in total. The number of rotatable bonds is 5. The van der Waals surface area contributed by atoms with Crippen molar-refractivity contribution in [1.82, 2.24) is 4.90 Å². The highest BCUT2D eigenvalue weighted by Gasteiger charge is 2.51. The molecule has 0 bridgehead atoms. The van der Waals surface area contributed by atoms with Gasteiger partial charge in [0.15, 0.2) is 0 Å². The van der Waals surface area contributed by atoms with Gasteiger partial charge in [0, 0.05) is 19.1 Å². The van der Waals surface area contributed by atoms with Gasteiger partial charge in [-0.1, -0.05) is 6.92 Å². The highest BCUT2D eigenvalue weighted by Crippen LogP contribution is 2.51. The SMILES string of the molecule is CC(N1CC(C)(OCC(=O)O)C1)C1(C)CC1. The lowest BCUT2D eigenvalue weighted by molar-refractivity contribution is -0.171. The number of hydrogen-bond donors (Lipinski definition) is 1. The lowest BCUT2D eigenvalue weighted by Gasteiger charge is -2.51. The van der Waals surface area contributed by atoms with Crippen molar-refractivity contribution in [3.05, 3.63) is 0 Å². The van der Waals surface area contributed by atoms with E-state index < -0.39 is 5.97 Å². The van der Waals surface area contributed by atoms with Gasteiger partial charge < -0.3 is 9.84 Å². The quantitative estimate of drug-likeness (QED) is 0.770. The summed E-state index contributed by atoms with van der Waals surface area (Å²) in [6.45, 7) is 8.12. The molecule has 0 spiro atoms. The van der Waals surface area contributed by atoms with Gasteiger partial charge in [0.25, 0.3) is 0 Å². The van der Waals surface area contributed by atoms with E-state index in [4.69, 9.17) is 9.84 Å². The summed E-state index contributed by atoms with van der Waals surface area (Å²) in [5.41, 5.74) is 0.242. The zero-order chi connectivity index (χ0) is 12.0. The van der Waals surface area contributed by atoms with Crippen LogP contribution in [0.15, 0.2) is 0 Å². The van der Waals surface area contributed by atoms with Crippen molar-refractivity contribution in [2.75, 3.05) is 19.7 Å². The van der Waals surface area contributed by atoms with Crippen molar-refractivity contribution < 1.29 is 14.6 Å². The number of nitrogens with zero attached hydrogens (tertiary/aromatic N) is 1. The number of carbonyl (C=O) groups is 1. The van der Waals surface area contributed by atoms with Crippen LogP contribution in [0.3, 0.4) is 0 Å². The number of carboxylic acids is 1. The minimum atomic E-state index is -0.887. The Balaban J connectivity index is 1.77. The molecule has 1 saturated heterocycles. The molecule has 1 saturated carbocycles. The van der Waals surface area contributed by atoms with Crippen LogP contribution in [0.1, 0.15) is 33.6 Å². The number of hydrogen-bond acceptors (Lipinski definition) is 3. The van der Waals surface area contributed by atoms with Crippen molar-refractivity contribution >= 4 is 5.97 Å². The zero-order valence-electron chi connectivity index (χ0n) is 10.3. The molecule has 1 unspecified atom stereocenters. The Morgan fingerprint density at radius 2 is 2.00 bits per heavy atom. The van der Waals surface area contributed by atoms with Crippen molar-refractivity contribution in [1.29, 1.82) is 0 Å². The molecule has 1 heterocycles. The van der Waals surface area contributed by atoms with E-state index in [1.807, 2.05) is 6.92 Å². The van der Waals surface area contributed by atoms with Crippen molar-refractivity contribution in [2.24, 2.45) is 5.41 Å². The summed E-state index contributed by atoms with van der Waals surface area (Å²) in [7, 11) is 0. The molecule has 0 aromatic rings. The number of ether oxygens (including phenoxy) is 1. The first-order valence-electron chi connectivity index (χ1n) is 5.94. The molecule has 2 rings (SSSR count). The molecule has 1 aliphatic heterocycles. The molecule has 0 amide bonds. The summed E-state index contributed by atoms with van der Waals surface area (Å²) >= 11 is 0. The Morgan fingerprint density at radius 1 is 1.44 bits per heavy atom. The summed E-state index contributed by atoms with van der Waals surface area (Å²) in [5, 5.41) is 8.57. The van der Waals surface area contributed by atoms with Crippen LogP contribution >= 0.6 is 0 Å². The van der Waals surface area contributed by atoms with E-state index in [2.05, 4.69) is 18.7 Å². The maximum Gasteiger partial charge on any atom is 0.329 e. The van der Waals surface area contributed by atoms with Crippen molar-refractivity contribution in [3.63, 3.8) is 0 Å². The summed E-state index contributed by atoms with van der Waals surface area (Å²) in [6.07, 6.45) is 2.63. The first-order chi connectivity index (χ1) is 7.35. The van der Waals surface area contributed by atoms with Crippen LogP contribution in [0.5, 0.6) is 0 Å². The first kappa shape index (κ1) is 11.9. The monoisotopic (exact) mass is 227 g/mol. The largest absolute Gasteiger partial charge is 0.480 e. The molecule has 2 aliphatic rings. The lowest BCUT2D eigenvalue weighted by atomic mass is 9.89. The van der Waals surface area contributed by atoms with E-state index in [-0.39, 0.29) is 12.2 Å². The topological polar surface area (TPSA) is 49.8 Å². The predicted octanol–water partition coefficient (Wildman–Crippen LogP) is 1.35. The van der Waals surface area contributed by atoms with E-state index in [1.165, 1.54) is 12.8 Å². The third-order valence-corrected chi connectivity index (χ3v) is 4.21. The van der Waals surface area contributed by atoms with Crippen LogP contribution < -0.4 is 0 Å². The molecule has 1 N–H and O–H groups in total. The molecule has 0 aromatic carbocycles. The number of carboxylic acid groups (broad SMARTS) is 1. The summed E-state index contributed by atoms with van der Waals surface area (Å²) < 4.78 is 5.40. The minimum absolute atomic E-state index is 0.185. The zero-order valence-corrected chi connectivity index (χ0v) is 10.3. The molecule has 2 fully saturated rings. The number of aliphatic carboxylic acids is 1. The Morgan fingerprint density at radius 3 is 2.44 bits per heavy atom. The van der Waals surface area contributed by atoms with Crippen LogP contribution in [0, 0.1) is 5.41 Å². The molecule has 16 heavy (non-hydrogen) atoms. The van der Waals surface area contributed by atoms with Crippen LogP contribution in [-0.4, -0.2) is 47.3 Å². The molecule has 0 aromatic heterocycles. The maximum absolute atomic E-state index is 10.4. The highest BCUT2D eigenvalue weighted by molar-refractivity contribution is 5.68. The van der Waals surface area contributed by atoms with Gasteiger partial charge in [-0.25, -0.2) is 4.79 Å². The van der Waals surface area contributed by atoms with Gasteiger partial charge in [-0.3, -0.25) is 4.90 Å². The summed E-state index contributed by atoms with van der Waals surface area (Å²) in [6, 6.07) is 0.592. The van der Waals surface area contributed by atoms with Crippen molar-refractivity contribution in [3.8, 4) is 0 Å². The molecule has 0 radical (unpaired) electrons. The van der Waals surface area contributed by atoms with Crippen LogP contribution in [0.2, 0.25) is 0 Å². The van der Waals surface area contributed by atoms with Crippen LogP contribution in [0.4, 0.5) is 0 Å². The second-order valence-electron chi connectivity index (χ2n) is 5.87. The smallest absolute Gasteiger partial charge is 0.329 e. The second kappa shape index (κ2) is 3.70. The minimum Gasteiger partial charge on any atom is -0.480 e. The fourth-order valence-corrected chi connectivity index (χ4v) is 2.47. The van der Waals surface area contributed by atoms with E-state index in [1.54, 1.807) is 0 Å². The third-order valence-electron chi connectivity index (χ3n) is 4.21. The van der Waals surface area contributed by atoms with Gasteiger partial charge in [0.1, 0.15) is 6.61 Å². The van der Waals surface area contributed by atoms with E-state index in [0.29, 0.717) is 11.5 Å². The fourth-order valence-electron chi connectivity index (χ4n) is 2.47. The van der Waals surface area contributed by atoms with Crippen molar-refractivity contribution in [2.45, 2.75) is 45.3 Å². The van der Waals surface area contributed by atoms with Gasteiger partial charge >= 0.3 is 5.97 Å². The fraction of sp³-hybridized carbons (Fsp3) is 0.917. The average molecular weight is 227 g/mol. The molecule has 4 heteroatoms. The van der Waals surface area contributed by atoms with Gasteiger partial charge in [-0.15, -0.1) is 0 Å². The standard InChI is InChI=1S/C12H21NO3/c1-9(11(2)4-5-11)13-7-12(3,8-13)16-6-10(14)15/h9H,4-8H2,1-3H3,(H,14,15). The van der Waals surface area contributed by atoms with Gasteiger partial charge in [-0.2, -0.15) is 0 Å². The summed E-state index contributed by atoms with van der Waals surface area (Å²) in [5.74, 6) is -0.887. The molecule has 1 aliphatic carbocycles. The van der Waals surface area contributed by atoms with E-state index in [0.717, 1.165) is 13.1 Å². The Kier molecular flexibility index (Phi) is 2.75. The van der Waals surface area contributed by atoms with Gasteiger partial charge in [0.2, 0.25) is 0 Å². The first-order valence-corrected chi connectivity index (χ1v) is 5.94. The average Bonchev–Trinajstić information content (AvgIpc) is 2.89. The van der Waals surface area contributed by atoms with Gasteiger partial charge in [-0.05, 0) is 32.1 Å². The predicted molar refractivity (Wildman–Crippen MR) is 60.4 cm³/mol. The number of likely N-dealkylation sites (tertiary alicyclic amines) is 1. The van der Waals surface area contributed by atoms with Crippen LogP contribution in [-0.2, 0) is 9.53 Å². The Hall–Kier alpha value is -0.610. The lowest BCUT2D eigenvalue weighted by Crippen LogP contribution is -2.65. The second-order valence-corrected chi connectivity index (χ2v) is 5.87. The normalized spacial score (nSPS) is 28.2. The Bertz CT molecular complexity index is 293.